The molecular formula is C13H17F3N2. The molecule has 0 atom stereocenters. The van der Waals surface area contributed by atoms with Crippen molar-refractivity contribution in [2.24, 2.45) is 4.99 Å². The van der Waals surface area contributed by atoms with Crippen LogP contribution in [-0.4, -0.2) is 38.3 Å². The summed E-state index contributed by atoms with van der Waals surface area (Å²) in [6.45, 7) is 1.54. The lowest BCUT2D eigenvalue weighted by molar-refractivity contribution is -0.137. The van der Waals surface area contributed by atoms with Crippen molar-refractivity contribution < 1.29 is 13.2 Å². The second kappa shape index (κ2) is 6.54. The van der Waals surface area contributed by atoms with Crippen LogP contribution in [0.4, 0.5) is 13.2 Å². The molecule has 0 aromatic heterocycles. The Bertz CT molecular complexity index is 397. The van der Waals surface area contributed by atoms with Gasteiger partial charge >= 0.3 is 6.18 Å². The minimum Gasteiger partial charge on any atom is -0.309 e. The van der Waals surface area contributed by atoms with Crippen LogP contribution in [0.25, 0.3) is 0 Å². The molecule has 0 saturated carbocycles. The maximum atomic E-state index is 12.4. The van der Waals surface area contributed by atoms with E-state index >= 15 is 0 Å². The summed E-state index contributed by atoms with van der Waals surface area (Å²) in [6.07, 6.45) is -1.91. The summed E-state index contributed by atoms with van der Waals surface area (Å²) in [5, 5.41) is 0. The predicted octanol–water partition coefficient (Wildman–Crippen LogP) is 3.08. The maximum absolute atomic E-state index is 12.4. The van der Waals surface area contributed by atoms with Gasteiger partial charge in [-0.1, -0.05) is 12.1 Å². The standard InChI is InChI=1S/C13H17F3N2/c1-18(2)8-4-7-17-10-11-5-3-6-12(9-11)13(14,15)16/h3,5-6,9-10H,4,7-8H2,1-2H3. The third-order valence-corrected chi connectivity index (χ3v) is 2.35. The van der Waals surface area contributed by atoms with Gasteiger partial charge in [-0.3, -0.25) is 4.99 Å². The molecule has 0 aliphatic carbocycles. The van der Waals surface area contributed by atoms with Gasteiger partial charge in [0.1, 0.15) is 0 Å². The molecule has 0 amide bonds. The number of alkyl halides is 3. The smallest absolute Gasteiger partial charge is 0.309 e. The van der Waals surface area contributed by atoms with Crippen LogP contribution >= 0.6 is 0 Å². The summed E-state index contributed by atoms with van der Waals surface area (Å²) in [5.41, 5.74) is -0.158. The van der Waals surface area contributed by atoms with Crippen molar-refractivity contribution in [3.63, 3.8) is 0 Å². The minimum atomic E-state index is -4.30. The maximum Gasteiger partial charge on any atom is 0.416 e. The lowest BCUT2D eigenvalue weighted by Crippen LogP contribution is -2.13. The molecule has 0 N–H and O–H groups in total. The normalized spacial score (nSPS) is 12.6. The van der Waals surface area contributed by atoms with Crippen molar-refractivity contribution in [3.8, 4) is 0 Å². The number of hydrogen-bond acceptors (Lipinski definition) is 2. The van der Waals surface area contributed by atoms with Gasteiger partial charge in [-0.05, 0) is 44.8 Å². The van der Waals surface area contributed by atoms with E-state index in [1.807, 2.05) is 19.0 Å². The molecule has 1 rings (SSSR count). The van der Waals surface area contributed by atoms with Gasteiger partial charge in [-0.25, -0.2) is 0 Å². The first-order valence-electron chi connectivity index (χ1n) is 5.71. The van der Waals surface area contributed by atoms with Crippen LogP contribution in [-0.2, 0) is 6.18 Å². The van der Waals surface area contributed by atoms with Gasteiger partial charge < -0.3 is 4.90 Å². The van der Waals surface area contributed by atoms with E-state index < -0.39 is 11.7 Å². The van der Waals surface area contributed by atoms with Crippen LogP contribution in [0.2, 0.25) is 0 Å². The van der Waals surface area contributed by atoms with E-state index in [0.717, 1.165) is 25.1 Å². The monoisotopic (exact) mass is 258 g/mol. The zero-order valence-electron chi connectivity index (χ0n) is 10.5. The molecule has 0 radical (unpaired) electrons. The van der Waals surface area contributed by atoms with Crippen molar-refractivity contribution in [3.05, 3.63) is 35.4 Å². The fourth-order valence-corrected chi connectivity index (χ4v) is 1.44. The quantitative estimate of drug-likeness (QED) is 0.585. The Labute approximate surface area is 105 Å². The second-order valence-corrected chi connectivity index (χ2v) is 4.32. The van der Waals surface area contributed by atoms with E-state index in [9.17, 15) is 13.2 Å². The molecule has 2 nitrogen and oxygen atoms in total. The summed E-state index contributed by atoms with van der Waals surface area (Å²) in [5.74, 6) is 0. The minimum absolute atomic E-state index is 0.481. The van der Waals surface area contributed by atoms with E-state index in [1.54, 1.807) is 6.07 Å². The molecule has 0 saturated heterocycles. The molecule has 0 heterocycles. The first-order valence-corrected chi connectivity index (χ1v) is 5.71. The van der Waals surface area contributed by atoms with E-state index in [0.29, 0.717) is 12.1 Å². The summed E-state index contributed by atoms with van der Waals surface area (Å²) in [6, 6.07) is 5.17. The van der Waals surface area contributed by atoms with Crippen molar-refractivity contribution in [1.29, 1.82) is 0 Å². The predicted molar refractivity (Wildman–Crippen MR) is 67.1 cm³/mol. The number of aliphatic imine (C=N–C) groups is 1. The van der Waals surface area contributed by atoms with Gasteiger partial charge in [0.2, 0.25) is 0 Å². The highest BCUT2D eigenvalue weighted by atomic mass is 19.4. The lowest BCUT2D eigenvalue weighted by Gasteiger charge is -2.07. The van der Waals surface area contributed by atoms with Crippen LogP contribution in [0.1, 0.15) is 17.5 Å². The number of nitrogens with zero attached hydrogens (tertiary/aromatic N) is 2. The van der Waals surface area contributed by atoms with Gasteiger partial charge in [-0.15, -0.1) is 0 Å². The van der Waals surface area contributed by atoms with Gasteiger partial charge in [0.05, 0.1) is 5.56 Å². The van der Waals surface area contributed by atoms with Crippen molar-refractivity contribution >= 4 is 6.21 Å². The van der Waals surface area contributed by atoms with Crippen LogP contribution in [0.5, 0.6) is 0 Å². The van der Waals surface area contributed by atoms with Gasteiger partial charge in [-0.2, -0.15) is 13.2 Å². The van der Waals surface area contributed by atoms with Gasteiger partial charge in [0.15, 0.2) is 0 Å². The average Bonchev–Trinajstić information content (AvgIpc) is 2.27. The third-order valence-electron chi connectivity index (χ3n) is 2.35. The number of hydrogen-bond donors (Lipinski definition) is 0. The van der Waals surface area contributed by atoms with E-state index in [2.05, 4.69) is 4.99 Å². The second-order valence-electron chi connectivity index (χ2n) is 4.32. The van der Waals surface area contributed by atoms with E-state index in [-0.39, 0.29) is 0 Å². The Kier molecular flexibility index (Phi) is 5.34. The number of halogens is 3. The Hall–Kier alpha value is -1.36. The first-order chi connectivity index (χ1) is 8.39. The van der Waals surface area contributed by atoms with Crippen molar-refractivity contribution in [2.45, 2.75) is 12.6 Å². The summed E-state index contributed by atoms with van der Waals surface area (Å²) >= 11 is 0. The van der Waals surface area contributed by atoms with Gasteiger partial charge in [0, 0.05) is 12.8 Å². The van der Waals surface area contributed by atoms with Crippen LogP contribution in [0.3, 0.4) is 0 Å². The Balaban J connectivity index is 2.55. The van der Waals surface area contributed by atoms with E-state index in [4.69, 9.17) is 0 Å². The molecule has 0 spiro atoms. The highest BCUT2D eigenvalue weighted by Crippen LogP contribution is 2.29. The first kappa shape index (κ1) is 14.7. The van der Waals surface area contributed by atoms with Crippen molar-refractivity contribution in [1.82, 2.24) is 4.90 Å². The lowest BCUT2D eigenvalue weighted by atomic mass is 10.1. The number of benzene rings is 1. The van der Waals surface area contributed by atoms with E-state index in [1.165, 1.54) is 12.3 Å². The summed E-state index contributed by atoms with van der Waals surface area (Å²) in [4.78, 5) is 6.16. The Morgan fingerprint density at radius 1 is 1.28 bits per heavy atom. The summed E-state index contributed by atoms with van der Waals surface area (Å²) in [7, 11) is 3.94. The third kappa shape index (κ3) is 5.31. The van der Waals surface area contributed by atoms with Crippen LogP contribution in [0, 0.1) is 0 Å². The molecule has 0 aliphatic heterocycles. The molecule has 100 valence electrons. The number of rotatable bonds is 5. The fraction of sp³-hybridized carbons (Fsp3) is 0.462. The SMILES string of the molecule is CN(C)CCCN=Cc1cccc(C(F)(F)F)c1. The van der Waals surface area contributed by atoms with Crippen LogP contribution < -0.4 is 0 Å². The molecule has 1 aromatic rings. The Morgan fingerprint density at radius 3 is 2.61 bits per heavy atom. The van der Waals surface area contributed by atoms with Crippen molar-refractivity contribution in [2.75, 3.05) is 27.2 Å². The topological polar surface area (TPSA) is 15.6 Å². The zero-order valence-corrected chi connectivity index (χ0v) is 10.5. The highest BCUT2D eigenvalue weighted by Gasteiger charge is 2.30. The summed E-state index contributed by atoms with van der Waals surface area (Å²) < 4.78 is 37.3. The van der Waals surface area contributed by atoms with Gasteiger partial charge in [0.25, 0.3) is 0 Å². The average molecular weight is 258 g/mol. The fourth-order valence-electron chi connectivity index (χ4n) is 1.44. The largest absolute Gasteiger partial charge is 0.416 e. The van der Waals surface area contributed by atoms with Crippen LogP contribution in [0.15, 0.2) is 29.3 Å². The molecule has 0 bridgehead atoms. The molecule has 1 aromatic carbocycles. The molecule has 18 heavy (non-hydrogen) atoms. The molecule has 0 unspecified atom stereocenters. The highest BCUT2D eigenvalue weighted by molar-refractivity contribution is 5.79. The zero-order chi connectivity index (χ0) is 13.6. The Morgan fingerprint density at radius 2 is 2.00 bits per heavy atom. The molecule has 0 aliphatic rings. The molecule has 0 fully saturated rings. The molecular weight excluding hydrogens is 241 g/mol. The molecule has 5 heteroatoms.